The van der Waals surface area contributed by atoms with E-state index in [0.717, 1.165) is 5.56 Å². The van der Waals surface area contributed by atoms with Gasteiger partial charge in [0, 0.05) is 5.02 Å². The highest BCUT2D eigenvalue weighted by molar-refractivity contribution is 6.31. The molecule has 2 aromatic carbocycles. The van der Waals surface area contributed by atoms with Crippen molar-refractivity contribution in [2.45, 2.75) is 13.5 Å². The molecule has 1 heterocycles. The van der Waals surface area contributed by atoms with Crippen LogP contribution in [0.3, 0.4) is 0 Å². The Morgan fingerprint density at radius 3 is 2.62 bits per heavy atom. The number of carbonyl (C=O) groups is 1. The number of amides is 1. The number of nitrogens with one attached hydrogen (secondary N) is 1. The number of halogens is 1. The lowest BCUT2D eigenvalue weighted by Crippen LogP contribution is -2.12. The zero-order valence-corrected chi connectivity index (χ0v) is 16.4. The smallest absolute Gasteiger partial charge is 0.296 e. The lowest BCUT2D eigenvalue weighted by molar-refractivity contribution is -0.384. The number of nitro groups is 1. The van der Waals surface area contributed by atoms with Gasteiger partial charge in [-0.2, -0.15) is 0 Å². The molecule has 0 aliphatic rings. The van der Waals surface area contributed by atoms with Crippen molar-refractivity contribution >= 4 is 28.9 Å². The average Bonchev–Trinajstić information content (AvgIpc) is 3.18. The van der Waals surface area contributed by atoms with Crippen LogP contribution in [0.4, 0.5) is 11.4 Å². The van der Waals surface area contributed by atoms with Crippen LogP contribution in [0.1, 0.15) is 21.9 Å². The second-order valence-electron chi connectivity index (χ2n) is 6.06. The van der Waals surface area contributed by atoms with Crippen LogP contribution in [0.5, 0.6) is 11.5 Å². The van der Waals surface area contributed by atoms with Gasteiger partial charge in [-0.15, -0.1) is 0 Å². The predicted octanol–water partition coefficient (Wildman–Crippen LogP) is 4.99. The summed E-state index contributed by atoms with van der Waals surface area (Å²) in [7, 11) is 1.40. The molecule has 1 aromatic heterocycles. The van der Waals surface area contributed by atoms with Crippen LogP contribution in [0.25, 0.3) is 0 Å². The number of rotatable bonds is 7. The number of furan rings is 1. The predicted molar refractivity (Wildman–Crippen MR) is 107 cm³/mol. The molecule has 0 atom stereocenters. The number of hydrogen-bond acceptors (Lipinski definition) is 6. The molecule has 0 unspecified atom stereocenters. The van der Waals surface area contributed by atoms with Crippen LogP contribution in [-0.2, 0) is 6.61 Å². The lowest BCUT2D eigenvalue weighted by atomic mass is 10.2. The third-order valence-corrected chi connectivity index (χ3v) is 4.47. The molecule has 0 aliphatic carbocycles. The van der Waals surface area contributed by atoms with Crippen molar-refractivity contribution in [2.24, 2.45) is 0 Å². The maximum absolute atomic E-state index is 12.4. The van der Waals surface area contributed by atoms with E-state index in [9.17, 15) is 14.9 Å². The van der Waals surface area contributed by atoms with Gasteiger partial charge < -0.3 is 19.2 Å². The first kappa shape index (κ1) is 20.2. The van der Waals surface area contributed by atoms with Crippen LogP contribution in [0.2, 0.25) is 5.02 Å². The van der Waals surface area contributed by atoms with Gasteiger partial charge in [-0.3, -0.25) is 14.9 Å². The highest BCUT2D eigenvalue weighted by atomic mass is 35.5. The number of anilines is 1. The number of benzene rings is 2. The largest absolute Gasteiger partial charge is 0.496 e. The number of nitrogens with zero attached hydrogens (tertiary/aromatic N) is 1. The third-order valence-electron chi connectivity index (χ3n) is 4.05. The highest BCUT2D eigenvalue weighted by Gasteiger charge is 2.19. The summed E-state index contributed by atoms with van der Waals surface area (Å²) in [5, 5.41) is 14.3. The van der Waals surface area contributed by atoms with E-state index in [1.165, 1.54) is 31.4 Å². The minimum Gasteiger partial charge on any atom is -0.496 e. The maximum atomic E-state index is 12.4. The standard InChI is InChI=1S/C20H17ClN2O6/c1-12-9-14(3-6-16(12)21)28-11-15-5-8-19(29-15)20(24)22-17-7-4-13(27-2)10-18(17)23(25)26/h3-10H,11H2,1-2H3,(H,22,24). The molecule has 3 rings (SSSR count). The quantitative estimate of drug-likeness (QED) is 0.429. The molecule has 29 heavy (non-hydrogen) atoms. The Balaban J connectivity index is 1.68. The van der Waals surface area contributed by atoms with E-state index in [1.54, 1.807) is 24.3 Å². The molecule has 0 bridgehead atoms. The van der Waals surface area contributed by atoms with E-state index in [-0.39, 0.29) is 23.7 Å². The fourth-order valence-electron chi connectivity index (χ4n) is 2.52. The lowest BCUT2D eigenvalue weighted by Gasteiger charge is -2.07. The topological polar surface area (TPSA) is 104 Å². The minimum atomic E-state index is -0.619. The van der Waals surface area contributed by atoms with Gasteiger partial charge in [0.1, 0.15) is 29.6 Å². The van der Waals surface area contributed by atoms with Gasteiger partial charge in [0.15, 0.2) is 5.76 Å². The monoisotopic (exact) mass is 416 g/mol. The van der Waals surface area contributed by atoms with Gasteiger partial charge in [0.25, 0.3) is 11.6 Å². The molecule has 0 saturated carbocycles. The molecule has 1 N–H and O–H groups in total. The Bertz CT molecular complexity index is 1060. The molecular weight excluding hydrogens is 400 g/mol. The molecule has 1 amide bonds. The molecule has 0 radical (unpaired) electrons. The average molecular weight is 417 g/mol. The Morgan fingerprint density at radius 1 is 1.17 bits per heavy atom. The van der Waals surface area contributed by atoms with Crippen LogP contribution in [-0.4, -0.2) is 17.9 Å². The number of ether oxygens (including phenoxy) is 2. The van der Waals surface area contributed by atoms with Gasteiger partial charge in [-0.1, -0.05) is 11.6 Å². The molecule has 8 nitrogen and oxygen atoms in total. The summed E-state index contributed by atoms with van der Waals surface area (Å²) >= 11 is 5.98. The number of nitro benzene ring substituents is 1. The molecule has 150 valence electrons. The molecule has 3 aromatic rings. The van der Waals surface area contributed by atoms with Crippen molar-refractivity contribution in [3.8, 4) is 11.5 Å². The SMILES string of the molecule is COc1ccc(NC(=O)c2ccc(COc3ccc(Cl)c(C)c3)o2)c([N+](=O)[O-])c1. The Hall–Kier alpha value is -3.52. The van der Waals surface area contributed by atoms with Crippen molar-refractivity contribution in [3.05, 3.63) is 80.8 Å². The third kappa shape index (κ3) is 4.85. The molecule has 0 spiro atoms. The fourth-order valence-corrected chi connectivity index (χ4v) is 2.64. The Kier molecular flexibility index (Phi) is 6.04. The number of hydrogen-bond donors (Lipinski definition) is 1. The zero-order chi connectivity index (χ0) is 21.0. The van der Waals surface area contributed by atoms with Crippen LogP contribution < -0.4 is 14.8 Å². The number of methoxy groups -OCH3 is 1. The van der Waals surface area contributed by atoms with Crippen molar-refractivity contribution in [1.29, 1.82) is 0 Å². The van der Waals surface area contributed by atoms with E-state index in [2.05, 4.69) is 5.32 Å². The summed E-state index contributed by atoms with van der Waals surface area (Å²) in [5.41, 5.74) is 0.627. The van der Waals surface area contributed by atoms with Gasteiger partial charge in [0.05, 0.1) is 18.1 Å². The van der Waals surface area contributed by atoms with Gasteiger partial charge in [-0.25, -0.2) is 0 Å². The minimum absolute atomic E-state index is 0.000928. The fraction of sp³-hybridized carbons (Fsp3) is 0.150. The van der Waals surface area contributed by atoms with Crippen LogP contribution in [0, 0.1) is 17.0 Å². The second-order valence-corrected chi connectivity index (χ2v) is 6.47. The Morgan fingerprint density at radius 2 is 1.93 bits per heavy atom. The molecule has 0 fully saturated rings. The number of carbonyl (C=O) groups excluding carboxylic acids is 1. The summed E-state index contributed by atoms with van der Waals surface area (Å²) < 4.78 is 16.1. The van der Waals surface area contributed by atoms with E-state index in [0.29, 0.717) is 22.3 Å². The van der Waals surface area contributed by atoms with Gasteiger partial charge >= 0.3 is 0 Å². The summed E-state index contributed by atoms with van der Waals surface area (Å²) in [6.45, 7) is 1.97. The van der Waals surface area contributed by atoms with Crippen molar-refractivity contribution in [3.63, 3.8) is 0 Å². The van der Waals surface area contributed by atoms with Gasteiger partial charge in [0.2, 0.25) is 0 Å². The molecular formula is C20H17ClN2O6. The summed E-state index contributed by atoms with van der Waals surface area (Å²) in [6.07, 6.45) is 0. The van der Waals surface area contributed by atoms with Crippen molar-refractivity contribution in [2.75, 3.05) is 12.4 Å². The summed E-state index contributed by atoms with van der Waals surface area (Å²) in [4.78, 5) is 23.0. The van der Waals surface area contributed by atoms with Crippen molar-refractivity contribution < 1.29 is 23.6 Å². The first-order valence-electron chi connectivity index (χ1n) is 8.49. The normalized spacial score (nSPS) is 10.4. The maximum Gasteiger partial charge on any atom is 0.296 e. The Labute approximate surface area is 171 Å². The second kappa shape index (κ2) is 8.66. The first-order valence-corrected chi connectivity index (χ1v) is 8.86. The van der Waals surface area contributed by atoms with Gasteiger partial charge in [-0.05, 0) is 55.0 Å². The van der Waals surface area contributed by atoms with Crippen molar-refractivity contribution in [1.82, 2.24) is 0 Å². The van der Waals surface area contributed by atoms with Crippen LogP contribution in [0.15, 0.2) is 52.9 Å². The highest BCUT2D eigenvalue weighted by Crippen LogP contribution is 2.29. The zero-order valence-electron chi connectivity index (χ0n) is 15.6. The molecule has 0 saturated heterocycles. The first-order chi connectivity index (χ1) is 13.9. The summed E-state index contributed by atoms with van der Waals surface area (Å²) in [5.74, 6) is 0.729. The molecule has 9 heteroatoms. The van der Waals surface area contributed by atoms with E-state index in [1.807, 2.05) is 6.92 Å². The number of aryl methyl sites for hydroxylation is 1. The van der Waals surface area contributed by atoms with Crippen LogP contribution >= 0.6 is 11.6 Å². The van der Waals surface area contributed by atoms with E-state index in [4.69, 9.17) is 25.5 Å². The van der Waals surface area contributed by atoms with E-state index < -0.39 is 10.8 Å². The molecule has 0 aliphatic heterocycles. The van der Waals surface area contributed by atoms with E-state index >= 15 is 0 Å². The summed E-state index contributed by atoms with van der Waals surface area (Å²) in [6, 6.07) is 12.5.